The summed E-state index contributed by atoms with van der Waals surface area (Å²) >= 11 is 5.64. The van der Waals surface area contributed by atoms with Gasteiger partial charge in [0.25, 0.3) is 0 Å². The second kappa shape index (κ2) is 4.18. The summed E-state index contributed by atoms with van der Waals surface area (Å²) in [5.41, 5.74) is 0.963. The fourth-order valence-electron chi connectivity index (χ4n) is 1.64. The zero-order valence-corrected chi connectivity index (χ0v) is 11.7. The molecule has 3 aromatic rings. The second-order valence-corrected chi connectivity index (χ2v) is 6.14. The molecule has 3 nitrogen and oxygen atoms in total. The molecule has 84 valence electrons. The fraction of sp³-hybridized carbons (Fsp3) is 0.0833. The molecule has 0 fully saturated rings. The van der Waals surface area contributed by atoms with E-state index in [1.54, 1.807) is 6.20 Å². The van der Waals surface area contributed by atoms with Crippen molar-refractivity contribution in [3.05, 3.63) is 46.9 Å². The predicted octanol–water partition coefficient (Wildman–Crippen LogP) is 2.52. The number of aryl methyl sites for hydroxylation is 1. The van der Waals surface area contributed by atoms with E-state index in [0.717, 1.165) is 15.7 Å². The van der Waals surface area contributed by atoms with E-state index in [1.807, 2.05) is 28.7 Å². The molecule has 5 heteroatoms. The van der Waals surface area contributed by atoms with Crippen molar-refractivity contribution in [2.45, 2.75) is 6.92 Å². The first-order valence-corrected chi connectivity index (χ1v) is 7.20. The summed E-state index contributed by atoms with van der Waals surface area (Å²) in [6.45, 7) is 1.96. The Morgan fingerprint density at radius 3 is 2.82 bits per heavy atom. The molecule has 2 heterocycles. The SMILES string of the molecule is Cc1ccnc(-n2[se]c3ccccc3c2=S)n1. The molecule has 0 bridgehead atoms. The molecule has 0 atom stereocenters. The van der Waals surface area contributed by atoms with Gasteiger partial charge in [0.1, 0.15) is 0 Å². The quantitative estimate of drug-likeness (QED) is 0.511. The topological polar surface area (TPSA) is 30.7 Å². The van der Waals surface area contributed by atoms with Gasteiger partial charge >= 0.3 is 110 Å². The first-order chi connectivity index (χ1) is 8.25. The van der Waals surface area contributed by atoms with Crippen LogP contribution in [0, 0.1) is 11.6 Å². The van der Waals surface area contributed by atoms with E-state index in [1.165, 1.54) is 4.26 Å². The van der Waals surface area contributed by atoms with Gasteiger partial charge in [-0.2, -0.15) is 0 Å². The van der Waals surface area contributed by atoms with Crippen molar-refractivity contribution in [3.8, 4) is 5.95 Å². The van der Waals surface area contributed by atoms with Gasteiger partial charge in [0, 0.05) is 0 Å². The third kappa shape index (κ3) is 1.86. The van der Waals surface area contributed by atoms with Gasteiger partial charge in [-0.15, -0.1) is 0 Å². The average Bonchev–Trinajstić information content (AvgIpc) is 2.68. The third-order valence-electron chi connectivity index (χ3n) is 2.46. The molecule has 1 aromatic carbocycles. The van der Waals surface area contributed by atoms with Crippen molar-refractivity contribution in [3.63, 3.8) is 0 Å². The van der Waals surface area contributed by atoms with Crippen LogP contribution in [0.4, 0.5) is 0 Å². The zero-order chi connectivity index (χ0) is 11.8. The van der Waals surface area contributed by atoms with Crippen molar-refractivity contribution in [2.75, 3.05) is 0 Å². The Balaban J connectivity index is 2.31. The maximum atomic E-state index is 5.48. The number of aromatic nitrogens is 3. The van der Waals surface area contributed by atoms with Gasteiger partial charge in [-0.25, -0.2) is 0 Å². The number of nitrogens with zero attached hydrogens (tertiary/aromatic N) is 3. The van der Waals surface area contributed by atoms with E-state index in [2.05, 4.69) is 22.1 Å². The van der Waals surface area contributed by atoms with Crippen LogP contribution in [0.5, 0.6) is 0 Å². The van der Waals surface area contributed by atoms with Gasteiger partial charge in [0.05, 0.1) is 0 Å². The zero-order valence-electron chi connectivity index (χ0n) is 9.12. The first kappa shape index (κ1) is 10.8. The van der Waals surface area contributed by atoms with Gasteiger partial charge in [0.15, 0.2) is 0 Å². The Labute approximate surface area is 110 Å². The molecule has 17 heavy (non-hydrogen) atoms. The molecular formula is C12H9N3SSe. The molecule has 0 aliphatic heterocycles. The number of hydrogen-bond acceptors (Lipinski definition) is 3. The second-order valence-electron chi connectivity index (χ2n) is 3.68. The van der Waals surface area contributed by atoms with Gasteiger partial charge in [-0.05, 0) is 0 Å². The van der Waals surface area contributed by atoms with Crippen molar-refractivity contribution >= 4 is 36.6 Å². The van der Waals surface area contributed by atoms with Crippen LogP contribution in [0.1, 0.15) is 5.69 Å². The van der Waals surface area contributed by atoms with Crippen LogP contribution in [-0.4, -0.2) is 28.3 Å². The number of rotatable bonds is 1. The van der Waals surface area contributed by atoms with E-state index >= 15 is 0 Å². The van der Waals surface area contributed by atoms with Crippen molar-refractivity contribution in [1.82, 2.24) is 13.5 Å². The summed E-state index contributed by atoms with van der Waals surface area (Å²) in [5, 5.41) is 1.15. The molecule has 0 N–H and O–H groups in total. The van der Waals surface area contributed by atoms with E-state index in [0.29, 0.717) is 5.95 Å². The van der Waals surface area contributed by atoms with E-state index < -0.39 is 0 Å². The predicted molar refractivity (Wildman–Crippen MR) is 71.4 cm³/mol. The van der Waals surface area contributed by atoms with Gasteiger partial charge in [0.2, 0.25) is 0 Å². The average molecular weight is 306 g/mol. The first-order valence-electron chi connectivity index (χ1n) is 5.17. The van der Waals surface area contributed by atoms with Crippen LogP contribution in [-0.2, 0) is 0 Å². The molecule has 0 amide bonds. The number of hydrogen-bond donors (Lipinski definition) is 0. The molecular weight excluding hydrogens is 297 g/mol. The molecule has 0 saturated carbocycles. The summed E-state index contributed by atoms with van der Waals surface area (Å²) in [5.74, 6) is 0.714. The fourth-order valence-corrected chi connectivity index (χ4v) is 4.23. The van der Waals surface area contributed by atoms with Crippen molar-refractivity contribution < 1.29 is 0 Å². The summed E-state index contributed by atoms with van der Waals surface area (Å²) < 4.78 is 4.18. The number of fused-ring (bicyclic) bond motifs is 1. The Morgan fingerprint density at radius 2 is 2.06 bits per heavy atom. The minimum absolute atomic E-state index is 0.154. The summed E-state index contributed by atoms with van der Waals surface area (Å²) in [6, 6.07) is 10.1. The van der Waals surface area contributed by atoms with Crippen LogP contribution in [0.25, 0.3) is 15.6 Å². The van der Waals surface area contributed by atoms with E-state index in [4.69, 9.17) is 12.2 Å². The van der Waals surface area contributed by atoms with Crippen LogP contribution < -0.4 is 0 Å². The van der Waals surface area contributed by atoms with Gasteiger partial charge < -0.3 is 0 Å². The molecule has 3 rings (SSSR count). The van der Waals surface area contributed by atoms with Crippen molar-refractivity contribution in [1.29, 1.82) is 0 Å². The summed E-state index contributed by atoms with van der Waals surface area (Å²) in [6.07, 6.45) is 1.78. The standard InChI is InChI=1S/C12H9N3SSe/c1-8-6-7-13-12(14-8)15-11(16)9-4-2-3-5-10(9)17-15/h2-7H,1H3. The molecule has 0 aliphatic rings. The molecule has 2 aromatic heterocycles. The minimum atomic E-state index is 0.154. The third-order valence-corrected chi connectivity index (χ3v) is 5.39. The summed E-state index contributed by atoms with van der Waals surface area (Å²) in [4.78, 5) is 8.73. The van der Waals surface area contributed by atoms with Gasteiger partial charge in [-0.3, -0.25) is 0 Å². The molecule has 0 aliphatic carbocycles. The monoisotopic (exact) mass is 307 g/mol. The van der Waals surface area contributed by atoms with Crippen LogP contribution in [0.15, 0.2) is 36.5 Å². The summed E-state index contributed by atoms with van der Waals surface area (Å²) in [7, 11) is 0. The normalized spacial score (nSPS) is 10.9. The maximum absolute atomic E-state index is 5.48. The molecule has 0 unspecified atom stereocenters. The molecule has 0 spiro atoms. The Bertz CT molecular complexity index is 745. The van der Waals surface area contributed by atoms with Crippen molar-refractivity contribution in [2.24, 2.45) is 0 Å². The molecule has 0 radical (unpaired) electrons. The van der Waals surface area contributed by atoms with Crippen LogP contribution in [0.3, 0.4) is 0 Å². The van der Waals surface area contributed by atoms with Crippen LogP contribution in [0.2, 0.25) is 0 Å². The van der Waals surface area contributed by atoms with Crippen LogP contribution >= 0.6 is 12.2 Å². The van der Waals surface area contributed by atoms with E-state index in [-0.39, 0.29) is 14.7 Å². The molecule has 0 saturated heterocycles. The van der Waals surface area contributed by atoms with E-state index in [9.17, 15) is 0 Å². The Hall–Kier alpha value is -1.29. The Morgan fingerprint density at radius 1 is 1.24 bits per heavy atom. The Kier molecular flexibility index (Phi) is 2.67. The van der Waals surface area contributed by atoms with Gasteiger partial charge in [-0.1, -0.05) is 0 Å². The number of benzene rings is 1.